The second-order valence-electron chi connectivity index (χ2n) is 2.86. The standard InChI is InChI=1S/C10H15NO2/c1-8(2)11-7-5-6-9(3)10(12)13-4/h5-8H,3H2,1-2,4H3/p+1/b6-5-,11-7?. The molecule has 0 bridgehead atoms. The molecule has 0 aliphatic carbocycles. The van der Waals surface area contributed by atoms with Crippen LogP contribution in [0.15, 0.2) is 24.3 Å². The fourth-order valence-electron chi connectivity index (χ4n) is 0.611. The Bertz CT molecular complexity index is 239. The SMILES string of the molecule is C=C(/C=C\C=[NH+]C(C)C)C(=O)OC. The minimum Gasteiger partial charge on any atom is -0.465 e. The zero-order chi connectivity index (χ0) is 10.3. The molecule has 0 atom stereocenters. The number of esters is 1. The van der Waals surface area contributed by atoms with Crippen molar-refractivity contribution in [1.82, 2.24) is 0 Å². The van der Waals surface area contributed by atoms with E-state index in [0.29, 0.717) is 11.6 Å². The van der Waals surface area contributed by atoms with Crippen molar-refractivity contribution in [2.75, 3.05) is 7.11 Å². The molecule has 0 saturated heterocycles. The van der Waals surface area contributed by atoms with Crippen LogP contribution in [0.2, 0.25) is 0 Å². The van der Waals surface area contributed by atoms with Crippen LogP contribution in [0.5, 0.6) is 0 Å². The van der Waals surface area contributed by atoms with Gasteiger partial charge in [0.25, 0.3) is 0 Å². The number of methoxy groups -OCH3 is 1. The van der Waals surface area contributed by atoms with E-state index in [-0.39, 0.29) is 0 Å². The first-order valence-electron chi connectivity index (χ1n) is 4.11. The summed E-state index contributed by atoms with van der Waals surface area (Å²) < 4.78 is 4.47. The Morgan fingerprint density at radius 2 is 2.15 bits per heavy atom. The molecule has 1 N–H and O–H groups in total. The summed E-state index contributed by atoms with van der Waals surface area (Å²) in [6, 6.07) is 0.385. The summed E-state index contributed by atoms with van der Waals surface area (Å²) >= 11 is 0. The summed E-state index contributed by atoms with van der Waals surface area (Å²) in [6.07, 6.45) is 5.08. The lowest BCUT2D eigenvalue weighted by Crippen LogP contribution is -2.73. The Morgan fingerprint density at radius 1 is 1.54 bits per heavy atom. The van der Waals surface area contributed by atoms with Gasteiger partial charge in [0.05, 0.1) is 12.7 Å². The molecular formula is C10H16NO2+. The highest BCUT2D eigenvalue weighted by molar-refractivity contribution is 5.91. The van der Waals surface area contributed by atoms with Gasteiger partial charge in [0, 0.05) is 6.08 Å². The number of allylic oxidation sites excluding steroid dienone is 1. The van der Waals surface area contributed by atoms with Gasteiger partial charge in [-0.25, -0.2) is 9.79 Å². The highest BCUT2D eigenvalue weighted by Crippen LogP contribution is 1.93. The zero-order valence-corrected chi connectivity index (χ0v) is 8.33. The van der Waals surface area contributed by atoms with Gasteiger partial charge in [-0.1, -0.05) is 6.58 Å². The highest BCUT2D eigenvalue weighted by Gasteiger charge is 2.00. The first kappa shape index (κ1) is 11.6. The third-order valence-corrected chi connectivity index (χ3v) is 1.27. The first-order chi connectivity index (χ1) is 6.07. The predicted molar refractivity (Wildman–Crippen MR) is 52.5 cm³/mol. The normalized spacial score (nSPS) is 11.4. The molecule has 0 aromatic rings. The van der Waals surface area contributed by atoms with Crippen molar-refractivity contribution >= 4 is 12.2 Å². The van der Waals surface area contributed by atoms with E-state index in [4.69, 9.17) is 0 Å². The zero-order valence-electron chi connectivity index (χ0n) is 8.33. The topological polar surface area (TPSA) is 40.3 Å². The molecule has 0 saturated carbocycles. The number of nitrogens with one attached hydrogen (secondary N) is 1. The molecule has 0 amide bonds. The number of rotatable bonds is 4. The monoisotopic (exact) mass is 182 g/mol. The third kappa shape index (κ3) is 5.84. The maximum Gasteiger partial charge on any atom is 0.337 e. The number of carbonyl (C=O) groups excluding carboxylic acids is 1. The van der Waals surface area contributed by atoms with E-state index in [1.807, 2.05) is 13.8 Å². The third-order valence-electron chi connectivity index (χ3n) is 1.27. The van der Waals surface area contributed by atoms with E-state index in [2.05, 4.69) is 16.3 Å². The Morgan fingerprint density at radius 3 is 2.62 bits per heavy atom. The van der Waals surface area contributed by atoms with Gasteiger partial charge < -0.3 is 4.74 Å². The lowest BCUT2D eigenvalue weighted by molar-refractivity contribution is -0.487. The van der Waals surface area contributed by atoms with Crippen LogP contribution in [0.4, 0.5) is 0 Å². The molecule has 0 heterocycles. The molecule has 0 aromatic heterocycles. The molecule has 3 heteroatoms. The molecule has 0 rings (SSSR count). The van der Waals surface area contributed by atoms with Crippen LogP contribution in [0.25, 0.3) is 0 Å². The van der Waals surface area contributed by atoms with E-state index in [1.54, 1.807) is 18.4 Å². The van der Waals surface area contributed by atoms with E-state index >= 15 is 0 Å². The van der Waals surface area contributed by atoms with Crippen LogP contribution >= 0.6 is 0 Å². The molecule has 0 aliphatic rings. The van der Waals surface area contributed by atoms with Gasteiger partial charge in [0.15, 0.2) is 6.21 Å². The van der Waals surface area contributed by atoms with Crippen molar-refractivity contribution in [3.8, 4) is 0 Å². The molecule has 13 heavy (non-hydrogen) atoms. The van der Waals surface area contributed by atoms with Gasteiger partial charge in [-0.05, 0) is 19.9 Å². The van der Waals surface area contributed by atoms with Crippen LogP contribution in [0.3, 0.4) is 0 Å². The van der Waals surface area contributed by atoms with Gasteiger partial charge in [0.1, 0.15) is 6.04 Å². The second kappa shape index (κ2) is 6.17. The van der Waals surface area contributed by atoms with Crippen LogP contribution < -0.4 is 4.99 Å². The molecule has 0 aromatic carbocycles. The molecule has 0 fully saturated rings. The average Bonchev–Trinajstić information content (AvgIpc) is 2.10. The van der Waals surface area contributed by atoms with Gasteiger partial charge in [0.2, 0.25) is 0 Å². The molecule has 3 nitrogen and oxygen atoms in total. The van der Waals surface area contributed by atoms with E-state index in [9.17, 15) is 4.79 Å². The largest absolute Gasteiger partial charge is 0.465 e. The Kier molecular flexibility index (Phi) is 5.52. The lowest BCUT2D eigenvalue weighted by Gasteiger charge is -1.94. The summed E-state index contributed by atoms with van der Waals surface area (Å²) in [4.78, 5) is 13.9. The summed E-state index contributed by atoms with van der Waals surface area (Å²) in [5.74, 6) is -0.408. The van der Waals surface area contributed by atoms with E-state index in [0.717, 1.165) is 0 Å². The van der Waals surface area contributed by atoms with Crippen molar-refractivity contribution in [1.29, 1.82) is 0 Å². The Balaban J connectivity index is 3.99. The quantitative estimate of drug-likeness (QED) is 0.284. The van der Waals surface area contributed by atoms with Crippen LogP contribution in [-0.4, -0.2) is 25.3 Å². The van der Waals surface area contributed by atoms with E-state index < -0.39 is 5.97 Å². The predicted octanol–water partition coefficient (Wildman–Crippen LogP) is -0.168. The molecule has 0 spiro atoms. The van der Waals surface area contributed by atoms with E-state index in [1.165, 1.54) is 7.11 Å². The molecule has 0 unspecified atom stereocenters. The average molecular weight is 182 g/mol. The molecule has 72 valence electrons. The molecule has 0 radical (unpaired) electrons. The second-order valence-corrected chi connectivity index (χ2v) is 2.86. The summed E-state index contributed by atoms with van der Waals surface area (Å²) in [7, 11) is 1.33. The van der Waals surface area contributed by atoms with Crippen molar-refractivity contribution in [3.63, 3.8) is 0 Å². The number of ether oxygens (including phenoxy) is 1. The van der Waals surface area contributed by atoms with Gasteiger partial charge in [-0.2, -0.15) is 0 Å². The van der Waals surface area contributed by atoms with Gasteiger partial charge in [-0.3, -0.25) is 0 Å². The summed E-state index contributed by atoms with van der Waals surface area (Å²) in [6.45, 7) is 7.59. The van der Waals surface area contributed by atoms with Crippen LogP contribution in [0.1, 0.15) is 13.8 Å². The summed E-state index contributed by atoms with van der Waals surface area (Å²) in [5.41, 5.74) is 0.337. The maximum atomic E-state index is 10.8. The van der Waals surface area contributed by atoms with Crippen molar-refractivity contribution in [2.45, 2.75) is 19.9 Å². The minimum absolute atomic E-state index is 0.337. The molecule has 0 aliphatic heterocycles. The Hall–Kier alpha value is -1.38. The van der Waals surface area contributed by atoms with Crippen molar-refractivity contribution in [3.05, 3.63) is 24.3 Å². The Labute approximate surface area is 78.8 Å². The fourth-order valence-corrected chi connectivity index (χ4v) is 0.611. The summed E-state index contributed by atoms with van der Waals surface area (Å²) in [5, 5.41) is 0. The van der Waals surface area contributed by atoms with Crippen LogP contribution in [0, 0.1) is 0 Å². The number of hydrogen-bond acceptors (Lipinski definition) is 2. The smallest absolute Gasteiger partial charge is 0.337 e. The van der Waals surface area contributed by atoms with Gasteiger partial charge >= 0.3 is 5.97 Å². The van der Waals surface area contributed by atoms with Crippen molar-refractivity contribution in [2.24, 2.45) is 0 Å². The number of carbonyl (C=O) groups is 1. The van der Waals surface area contributed by atoms with Crippen molar-refractivity contribution < 1.29 is 14.5 Å². The first-order valence-corrected chi connectivity index (χ1v) is 4.11. The highest BCUT2D eigenvalue weighted by atomic mass is 16.5. The minimum atomic E-state index is -0.408. The lowest BCUT2D eigenvalue weighted by atomic mass is 10.3. The van der Waals surface area contributed by atoms with Crippen LogP contribution in [-0.2, 0) is 9.53 Å². The number of hydrogen-bond donors (Lipinski definition) is 1. The fraction of sp³-hybridized carbons (Fsp3) is 0.400. The van der Waals surface area contributed by atoms with Gasteiger partial charge in [-0.15, -0.1) is 0 Å². The maximum absolute atomic E-state index is 10.8. The molecular weight excluding hydrogens is 166 g/mol.